The van der Waals surface area contributed by atoms with E-state index in [9.17, 15) is 22.4 Å². The second-order valence-electron chi connectivity index (χ2n) is 8.55. The van der Waals surface area contributed by atoms with Crippen LogP contribution in [0.3, 0.4) is 0 Å². The Morgan fingerprint density at radius 2 is 1.76 bits per heavy atom. The number of amides is 1. The molecule has 1 amide bonds. The Hall–Kier alpha value is -3.86. The zero-order valence-electron chi connectivity index (χ0n) is 19.0. The van der Waals surface area contributed by atoms with E-state index in [2.05, 4.69) is 20.2 Å². The van der Waals surface area contributed by atoms with E-state index in [4.69, 9.17) is 16.0 Å². The van der Waals surface area contributed by atoms with Gasteiger partial charge in [-0.05, 0) is 60.2 Å². The third kappa shape index (κ3) is 5.77. The Labute approximate surface area is 213 Å². The number of anilines is 1. The number of rotatable bonds is 7. The zero-order chi connectivity index (χ0) is 26.2. The SMILES string of the molecule is O=C(Cc1ccc(C2CC2)cc1C(F)(F)F)N(Cc1nnc(-c2ncc(Cl)cn2)o1)c1ccc(F)cc1. The third-order valence-electron chi connectivity index (χ3n) is 5.84. The lowest BCUT2D eigenvalue weighted by Crippen LogP contribution is -2.32. The van der Waals surface area contributed by atoms with Crippen LogP contribution in [0.4, 0.5) is 23.2 Å². The Kier molecular flexibility index (Phi) is 6.63. The topological polar surface area (TPSA) is 85.0 Å². The van der Waals surface area contributed by atoms with E-state index in [0.717, 1.165) is 35.9 Å². The van der Waals surface area contributed by atoms with Crippen LogP contribution in [0.1, 0.15) is 41.3 Å². The molecular formula is C25H18ClF4N5O2. The Morgan fingerprint density at radius 1 is 1.05 bits per heavy atom. The lowest BCUT2D eigenvalue weighted by molar-refractivity contribution is -0.138. The molecule has 2 heterocycles. The molecule has 0 unspecified atom stereocenters. The molecule has 0 atom stereocenters. The molecule has 5 rings (SSSR count). The standard InChI is InChI=1S/C25H18ClF4N5O2/c26-17-11-31-23(32-12-17)24-34-33-21(37-24)13-35(19-7-5-18(27)6-8-19)22(36)10-16-4-3-15(14-1-2-14)9-20(16)25(28,29)30/h3-9,11-12,14H,1-2,10,13H2. The molecule has 1 aliphatic carbocycles. The summed E-state index contributed by atoms with van der Waals surface area (Å²) in [6.45, 7) is -0.271. The molecule has 1 fully saturated rings. The first-order chi connectivity index (χ1) is 17.7. The van der Waals surface area contributed by atoms with Gasteiger partial charge in [-0.25, -0.2) is 14.4 Å². The van der Waals surface area contributed by atoms with Crippen molar-refractivity contribution in [2.75, 3.05) is 4.90 Å². The minimum atomic E-state index is -4.62. The molecule has 12 heteroatoms. The van der Waals surface area contributed by atoms with E-state index >= 15 is 0 Å². The first-order valence-electron chi connectivity index (χ1n) is 11.2. The van der Waals surface area contributed by atoms with Crippen molar-refractivity contribution >= 4 is 23.2 Å². The predicted octanol–water partition coefficient (Wildman–Crippen LogP) is 5.99. The maximum atomic E-state index is 13.8. The molecule has 0 aliphatic heterocycles. The predicted molar refractivity (Wildman–Crippen MR) is 125 cm³/mol. The highest BCUT2D eigenvalue weighted by Crippen LogP contribution is 2.43. The van der Waals surface area contributed by atoms with Crippen molar-refractivity contribution < 1.29 is 26.8 Å². The number of nitrogens with zero attached hydrogens (tertiary/aromatic N) is 5. The molecule has 1 aliphatic rings. The fourth-order valence-corrected chi connectivity index (χ4v) is 3.95. The lowest BCUT2D eigenvalue weighted by atomic mass is 9.98. The van der Waals surface area contributed by atoms with Crippen molar-refractivity contribution in [1.82, 2.24) is 20.2 Å². The highest BCUT2D eigenvalue weighted by atomic mass is 35.5. The van der Waals surface area contributed by atoms with Crippen molar-refractivity contribution in [3.63, 3.8) is 0 Å². The zero-order valence-corrected chi connectivity index (χ0v) is 19.8. The number of hydrogen-bond donors (Lipinski definition) is 0. The molecule has 37 heavy (non-hydrogen) atoms. The van der Waals surface area contributed by atoms with Crippen molar-refractivity contribution in [1.29, 1.82) is 0 Å². The molecule has 0 saturated heterocycles. The summed E-state index contributed by atoms with van der Waals surface area (Å²) in [4.78, 5) is 22.5. The molecule has 0 bridgehead atoms. The number of hydrogen-bond acceptors (Lipinski definition) is 6. The first-order valence-corrected chi connectivity index (χ1v) is 11.6. The number of aromatic nitrogens is 4. The number of halogens is 5. The Morgan fingerprint density at radius 3 is 2.41 bits per heavy atom. The van der Waals surface area contributed by atoms with E-state index in [-0.39, 0.29) is 41.3 Å². The molecule has 7 nitrogen and oxygen atoms in total. The minimum absolute atomic E-state index is 0.0219. The molecular weight excluding hydrogens is 514 g/mol. The lowest BCUT2D eigenvalue weighted by Gasteiger charge is -2.22. The van der Waals surface area contributed by atoms with Crippen molar-refractivity contribution in [2.24, 2.45) is 0 Å². The minimum Gasteiger partial charge on any atom is -0.416 e. The molecule has 0 radical (unpaired) electrons. The molecule has 0 N–H and O–H groups in total. The van der Waals surface area contributed by atoms with E-state index in [1.807, 2.05) is 0 Å². The first kappa shape index (κ1) is 24.8. The molecule has 0 spiro atoms. The summed E-state index contributed by atoms with van der Waals surface area (Å²) in [6, 6.07) is 9.07. The van der Waals surface area contributed by atoms with Crippen LogP contribution in [-0.4, -0.2) is 26.1 Å². The monoisotopic (exact) mass is 531 g/mol. The largest absolute Gasteiger partial charge is 0.416 e. The molecule has 190 valence electrons. The van der Waals surface area contributed by atoms with Gasteiger partial charge in [0.15, 0.2) is 0 Å². The van der Waals surface area contributed by atoms with Crippen LogP contribution in [0.15, 0.2) is 59.3 Å². The van der Waals surface area contributed by atoms with Gasteiger partial charge in [0.1, 0.15) is 12.4 Å². The number of carbonyl (C=O) groups excluding carboxylic acids is 1. The highest BCUT2D eigenvalue weighted by Gasteiger charge is 2.36. The average Bonchev–Trinajstić information content (AvgIpc) is 3.61. The van der Waals surface area contributed by atoms with Gasteiger partial charge in [-0.1, -0.05) is 23.7 Å². The molecule has 1 saturated carbocycles. The number of benzene rings is 2. The van der Waals surface area contributed by atoms with E-state index in [1.165, 1.54) is 30.6 Å². The quantitative estimate of drug-likeness (QED) is 0.272. The van der Waals surface area contributed by atoms with E-state index in [0.29, 0.717) is 10.6 Å². The average molecular weight is 532 g/mol. The van der Waals surface area contributed by atoms with Gasteiger partial charge in [0.2, 0.25) is 17.6 Å². The van der Waals surface area contributed by atoms with Gasteiger partial charge >= 0.3 is 6.18 Å². The van der Waals surface area contributed by atoms with Crippen molar-refractivity contribution in [3.8, 4) is 11.7 Å². The summed E-state index contributed by atoms with van der Waals surface area (Å²) < 4.78 is 60.7. The second kappa shape index (κ2) is 9.89. The second-order valence-corrected chi connectivity index (χ2v) is 8.98. The fourth-order valence-electron chi connectivity index (χ4n) is 3.85. The molecule has 2 aromatic heterocycles. The number of carbonyl (C=O) groups is 1. The van der Waals surface area contributed by atoms with E-state index < -0.39 is 29.9 Å². The van der Waals surface area contributed by atoms with Crippen LogP contribution in [0, 0.1) is 5.82 Å². The third-order valence-corrected chi connectivity index (χ3v) is 6.04. The summed E-state index contributed by atoms with van der Waals surface area (Å²) in [7, 11) is 0. The Balaban J connectivity index is 1.43. The van der Waals surface area contributed by atoms with Crippen LogP contribution < -0.4 is 4.90 Å². The molecule has 4 aromatic rings. The summed E-state index contributed by atoms with van der Waals surface area (Å²) in [5, 5.41) is 8.08. The van der Waals surface area contributed by atoms with Crippen LogP contribution in [0.5, 0.6) is 0 Å². The maximum Gasteiger partial charge on any atom is 0.416 e. The molecule has 2 aromatic carbocycles. The van der Waals surface area contributed by atoms with Crippen LogP contribution in [0.25, 0.3) is 11.7 Å². The van der Waals surface area contributed by atoms with Gasteiger partial charge < -0.3 is 9.32 Å². The fraction of sp³-hybridized carbons (Fsp3) is 0.240. The van der Waals surface area contributed by atoms with E-state index in [1.54, 1.807) is 6.07 Å². The highest BCUT2D eigenvalue weighted by molar-refractivity contribution is 6.30. The van der Waals surface area contributed by atoms with Gasteiger partial charge in [-0.15, -0.1) is 10.2 Å². The van der Waals surface area contributed by atoms with Gasteiger partial charge in [0.05, 0.1) is 17.0 Å². The van der Waals surface area contributed by atoms with Gasteiger partial charge in [0, 0.05) is 18.1 Å². The summed E-state index contributed by atoms with van der Waals surface area (Å²) >= 11 is 5.79. The van der Waals surface area contributed by atoms with Crippen LogP contribution >= 0.6 is 11.6 Å². The summed E-state index contributed by atoms with van der Waals surface area (Å²) in [5.74, 6) is -1.03. The van der Waals surface area contributed by atoms with Gasteiger partial charge in [-0.2, -0.15) is 13.2 Å². The Bertz CT molecular complexity index is 1420. The van der Waals surface area contributed by atoms with Gasteiger partial charge in [-0.3, -0.25) is 4.79 Å². The smallest absolute Gasteiger partial charge is 0.416 e. The normalized spacial score (nSPS) is 13.5. The van der Waals surface area contributed by atoms with Crippen LogP contribution in [0.2, 0.25) is 5.02 Å². The van der Waals surface area contributed by atoms with Crippen molar-refractivity contribution in [3.05, 3.63) is 88.3 Å². The summed E-state index contributed by atoms with van der Waals surface area (Å²) in [6.07, 6.45) is -0.786. The summed E-state index contributed by atoms with van der Waals surface area (Å²) in [5.41, 5.74) is -0.141. The van der Waals surface area contributed by atoms with Crippen molar-refractivity contribution in [2.45, 2.75) is 37.9 Å². The van der Waals surface area contributed by atoms with Crippen LogP contribution in [-0.2, 0) is 23.9 Å². The maximum absolute atomic E-state index is 13.8. The number of alkyl halides is 3. The van der Waals surface area contributed by atoms with Gasteiger partial charge in [0.25, 0.3) is 5.89 Å².